The van der Waals surface area contributed by atoms with Crippen LogP contribution in [0.5, 0.6) is 0 Å². The molecule has 2 N–H and O–H groups in total. The summed E-state index contributed by atoms with van der Waals surface area (Å²) in [5, 5.41) is 17.0. The van der Waals surface area contributed by atoms with Crippen molar-refractivity contribution in [1.82, 2.24) is 4.98 Å². The van der Waals surface area contributed by atoms with E-state index in [-0.39, 0.29) is 11.5 Å². The van der Waals surface area contributed by atoms with E-state index in [0.717, 1.165) is 13.0 Å². The molecule has 2 heterocycles. The number of hydrogen-bond donors (Lipinski definition) is 2. The maximum atomic E-state index is 11.0. The fraction of sp³-hybridized carbons (Fsp3) is 0.308. The van der Waals surface area contributed by atoms with Crippen molar-refractivity contribution in [1.29, 1.82) is 0 Å². The highest BCUT2D eigenvalue weighted by molar-refractivity contribution is 5.60. The van der Waals surface area contributed by atoms with Gasteiger partial charge in [-0.3, -0.25) is 10.1 Å². The molecule has 7 heteroatoms. The molecule has 0 fully saturated rings. The van der Waals surface area contributed by atoms with Crippen LogP contribution in [0, 0.1) is 10.1 Å². The standard InChI is InChI=1S/C13H16N4O3/c1-2-7-14-12-6-5-11(17(18)19)13(16-12)15-9-10-4-3-8-20-10/h3-6,8H,2,7,9H2,1H3,(H2,14,15,16). The van der Waals surface area contributed by atoms with Gasteiger partial charge in [0, 0.05) is 12.6 Å². The van der Waals surface area contributed by atoms with Gasteiger partial charge in [0.1, 0.15) is 11.6 Å². The lowest BCUT2D eigenvalue weighted by atomic mass is 10.3. The summed E-state index contributed by atoms with van der Waals surface area (Å²) in [6, 6.07) is 6.59. The van der Waals surface area contributed by atoms with Crippen molar-refractivity contribution in [3.8, 4) is 0 Å². The lowest BCUT2D eigenvalue weighted by Gasteiger charge is -2.08. The highest BCUT2D eigenvalue weighted by Gasteiger charge is 2.16. The SMILES string of the molecule is CCCNc1ccc([N+](=O)[O-])c(NCc2ccco2)n1. The first-order chi connectivity index (χ1) is 9.70. The van der Waals surface area contributed by atoms with Gasteiger partial charge in [0.25, 0.3) is 0 Å². The molecular formula is C13H16N4O3. The number of furan rings is 1. The van der Waals surface area contributed by atoms with Crippen molar-refractivity contribution < 1.29 is 9.34 Å². The van der Waals surface area contributed by atoms with Gasteiger partial charge in [-0.2, -0.15) is 0 Å². The van der Waals surface area contributed by atoms with Crippen LogP contribution in [0.3, 0.4) is 0 Å². The molecule has 106 valence electrons. The molecule has 0 unspecified atom stereocenters. The summed E-state index contributed by atoms with van der Waals surface area (Å²) >= 11 is 0. The van der Waals surface area contributed by atoms with Crippen LogP contribution in [-0.4, -0.2) is 16.5 Å². The zero-order chi connectivity index (χ0) is 14.4. The number of nitrogens with one attached hydrogen (secondary N) is 2. The molecule has 0 amide bonds. The molecule has 0 aromatic carbocycles. The van der Waals surface area contributed by atoms with E-state index in [0.29, 0.717) is 18.1 Å². The molecule has 0 radical (unpaired) electrons. The molecular weight excluding hydrogens is 260 g/mol. The third-order valence-electron chi connectivity index (χ3n) is 2.64. The molecule has 0 atom stereocenters. The summed E-state index contributed by atoms with van der Waals surface area (Å²) in [4.78, 5) is 14.8. The molecule has 0 aliphatic heterocycles. The van der Waals surface area contributed by atoms with Gasteiger partial charge in [0.2, 0.25) is 5.82 Å². The molecule has 2 aromatic rings. The van der Waals surface area contributed by atoms with Gasteiger partial charge in [-0.1, -0.05) is 6.92 Å². The van der Waals surface area contributed by atoms with Crippen LogP contribution in [0.25, 0.3) is 0 Å². The Morgan fingerprint density at radius 2 is 2.20 bits per heavy atom. The van der Waals surface area contributed by atoms with Crippen LogP contribution in [0.1, 0.15) is 19.1 Å². The van der Waals surface area contributed by atoms with E-state index in [2.05, 4.69) is 15.6 Å². The number of pyridine rings is 1. The number of nitro groups is 1. The van der Waals surface area contributed by atoms with Crippen LogP contribution in [0.2, 0.25) is 0 Å². The molecule has 0 aliphatic carbocycles. The largest absolute Gasteiger partial charge is 0.467 e. The van der Waals surface area contributed by atoms with E-state index in [1.165, 1.54) is 6.07 Å². The minimum Gasteiger partial charge on any atom is -0.467 e. The number of rotatable bonds is 7. The second-order valence-electron chi connectivity index (χ2n) is 4.18. The van der Waals surface area contributed by atoms with E-state index < -0.39 is 4.92 Å². The Hall–Kier alpha value is -2.57. The first kappa shape index (κ1) is 13.9. The molecule has 2 rings (SSSR count). The van der Waals surface area contributed by atoms with Crippen molar-refractivity contribution >= 4 is 17.3 Å². The lowest BCUT2D eigenvalue weighted by molar-refractivity contribution is -0.384. The van der Waals surface area contributed by atoms with Gasteiger partial charge in [-0.25, -0.2) is 4.98 Å². The van der Waals surface area contributed by atoms with Gasteiger partial charge >= 0.3 is 5.69 Å². The minimum absolute atomic E-state index is 0.0568. The first-order valence-electron chi connectivity index (χ1n) is 6.36. The van der Waals surface area contributed by atoms with E-state index in [9.17, 15) is 10.1 Å². The van der Waals surface area contributed by atoms with E-state index in [1.54, 1.807) is 24.5 Å². The third-order valence-corrected chi connectivity index (χ3v) is 2.64. The average Bonchev–Trinajstić information content (AvgIpc) is 2.96. The van der Waals surface area contributed by atoms with E-state index >= 15 is 0 Å². The lowest BCUT2D eigenvalue weighted by Crippen LogP contribution is -2.07. The van der Waals surface area contributed by atoms with Gasteiger partial charge in [0.05, 0.1) is 17.7 Å². The Morgan fingerprint density at radius 1 is 1.35 bits per heavy atom. The highest BCUT2D eigenvalue weighted by Crippen LogP contribution is 2.24. The van der Waals surface area contributed by atoms with Gasteiger partial charge in [-0.15, -0.1) is 0 Å². The van der Waals surface area contributed by atoms with Gasteiger partial charge < -0.3 is 15.1 Å². The Bertz CT molecular complexity index is 569. The molecule has 2 aromatic heterocycles. The fourth-order valence-electron chi connectivity index (χ4n) is 1.66. The third kappa shape index (κ3) is 3.47. The number of hydrogen-bond acceptors (Lipinski definition) is 6. The van der Waals surface area contributed by atoms with Crippen molar-refractivity contribution in [2.45, 2.75) is 19.9 Å². The van der Waals surface area contributed by atoms with Crippen molar-refractivity contribution in [3.63, 3.8) is 0 Å². The number of aromatic nitrogens is 1. The van der Waals surface area contributed by atoms with Crippen LogP contribution in [0.4, 0.5) is 17.3 Å². The van der Waals surface area contributed by atoms with Crippen LogP contribution in [-0.2, 0) is 6.54 Å². The zero-order valence-electron chi connectivity index (χ0n) is 11.1. The summed E-state index contributed by atoms with van der Waals surface area (Å²) in [6.07, 6.45) is 2.51. The van der Waals surface area contributed by atoms with Crippen LogP contribution >= 0.6 is 0 Å². The molecule has 0 bridgehead atoms. The quantitative estimate of drug-likeness (QED) is 0.596. The smallest absolute Gasteiger partial charge is 0.311 e. The molecule has 20 heavy (non-hydrogen) atoms. The average molecular weight is 276 g/mol. The molecule has 0 saturated heterocycles. The van der Waals surface area contributed by atoms with Crippen molar-refractivity contribution in [2.24, 2.45) is 0 Å². The summed E-state index contributed by atoms with van der Waals surface area (Å²) in [7, 11) is 0. The number of anilines is 2. The predicted octanol–water partition coefficient (Wildman–Crippen LogP) is 3.02. The zero-order valence-corrected chi connectivity index (χ0v) is 11.1. The molecule has 0 spiro atoms. The topological polar surface area (TPSA) is 93.2 Å². The highest BCUT2D eigenvalue weighted by atomic mass is 16.6. The van der Waals surface area contributed by atoms with Crippen molar-refractivity contribution in [3.05, 3.63) is 46.4 Å². The second-order valence-corrected chi connectivity index (χ2v) is 4.18. The first-order valence-corrected chi connectivity index (χ1v) is 6.36. The fourth-order valence-corrected chi connectivity index (χ4v) is 1.66. The summed E-state index contributed by atoms with van der Waals surface area (Å²) in [5.41, 5.74) is -0.0568. The van der Waals surface area contributed by atoms with Gasteiger partial charge in [-0.05, 0) is 24.6 Å². The van der Waals surface area contributed by atoms with Gasteiger partial charge in [0.15, 0.2) is 0 Å². The maximum absolute atomic E-state index is 11.0. The summed E-state index contributed by atoms with van der Waals surface area (Å²) in [6.45, 7) is 3.15. The summed E-state index contributed by atoms with van der Waals surface area (Å²) < 4.78 is 5.17. The minimum atomic E-state index is -0.457. The van der Waals surface area contributed by atoms with E-state index in [1.807, 2.05) is 6.92 Å². The maximum Gasteiger partial charge on any atom is 0.311 e. The number of nitrogens with zero attached hydrogens (tertiary/aromatic N) is 2. The normalized spacial score (nSPS) is 10.2. The van der Waals surface area contributed by atoms with Crippen molar-refractivity contribution in [2.75, 3.05) is 17.2 Å². The Morgan fingerprint density at radius 3 is 2.85 bits per heavy atom. The van der Waals surface area contributed by atoms with Crippen LogP contribution < -0.4 is 10.6 Å². The Labute approximate surface area is 116 Å². The predicted molar refractivity (Wildman–Crippen MR) is 75.7 cm³/mol. The molecule has 0 aliphatic rings. The molecule has 0 saturated carbocycles. The second kappa shape index (κ2) is 6.55. The van der Waals surface area contributed by atoms with Crippen LogP contribution in [0.15, 0.2) is 34.9 Å². The summed E-state index contributed by atoms with van der Waals surface area (Å²) in [5.74, 6) is 1.53. The Balaban J connectivity index is 2.15. The monoisotopic (exact) mass is 276 g/mol. The molecule has 7 nitrogen and oxygen atoms in total. The Kier molecular flexibility index (Phi) is 4.54. The van der Waals surface area contributed by atoms with E-state index in [4.69, 9.17) is 4.42 Å².